The molecule has 0 atom stereocenters. The van der Waals surface area contributed by atoms with Gasteiger partial charge in [-0.15, -0.1) is 0 Å². The van der Waals surface area contributed by atoms with E-state index in [0.29, 0.717) is 5.56 Å². The third kappa shape index (κ3) is 5.56. The number of hydrogen-bond donors (Lipinski definition) is 1. The Labute approximate surface area is 171 Å². The maximum Gasteiger partial charge on any atom is 0.387 e. The third-order valence-electron chi connectivity index (χ3n) is 3.93. The van der Waals surface area contributed by atoms with Crippen LogP contribution < -0.4 is 4.74 Å². The first kappa shape index (κ1) is 22.9. The Hall–Kier alpha value is -3.43. The molecule has 30 heavy (non-hydrogen) atoms. The Bertz CT molecular complexity index is 924. The Morgan fingerprint density at radius 1 is 1.00 bits per heavy atom. The zero-order chi connectivity index (χ0) is 22.3. The van der Waals surface area contributed by atoms with Gasteiger partial charge in [-0.25, -0.2) is 14.4 Å². The number of esters is 3. The molecule has 1 heterocycles. The van der Waals surface area contributed by atoms with Gasteiger partial charge in [0, 0.05) is 0 Å². The van der Waals surface area contributed by atoms with Gasteiger partial charge in [-0.05, 0) is 44.5 Å². The van der Waals surface area contributed by atoms with Gasteiger partial charge in [0.05, 0.1) is 30.0 Å². The zero-order valence-electron chi connectivity index (χ0n) is 16.6. The lowest BCUT2D eigenvalue weighted by Crippen LogP contribution is -2.11. The number of carbonyl (C=O) groups excluding carboxylic acids is 3. The van der Waals surface area contributed by atoms with E-state index in [0.717, 1.165) is 6.07 Å². The number of ether oxygens (including phenoxy) is 4. The first-order valence-electron chi connectivity index (χ1n) is 9.06. The molecular weight excluding hydrogens is 404 g/mol. The Morgan fingerprint density at radius 2 is 1.67 bits per heavy atom. The SMILES string of the molecule is CCOC(=O)c1[nH]c(COC(=O)c2cccc(OC(F)F)c2)c(C(=O)OCC)c1C. The molecule has 162 valence electrons. The quantitative estimate of drug-likeness (QED) is 0.483. The number of aromatic amines is 1. The molecule has 0 saturated heterocycles. The van der Waals surface area contributed by atoms with Gasteiger partial charge in [-0.2, -0.15) is 8.78 Å². The molecule has 0 aliphatic rings. The molecule has 1 aromatic heterocycles. The highest BCUT2D eigenvalue weighted by atomic mass is 19.3. The van der Waals surface area contributed by atoms with Gasteiger partial charge in [-0.3, -0.25) is 0 Å². The summed E-state index contributed by atoms with van der Waals surface area (Å²) >= 11 is 0. The molecule has 8 nitrogen and oxygen atoms in total. The highest BCUT2D eigenvalue weighted by Gasteiger charge is 2.26. The molecule has 0 bridgehead atoms. The predicted molar refractivity (Wildman–Crippen MR) is 99.6 cm³/mol. The molecule has 2 rings (SSSR count). The summed E-state index contributed by atoms with van der Waals surface area (Å²) in [5.41, 5.74) is 0.508. The van der Waals surface area contributed by atoms with E-state index < -0.39 is 31.1 Å². The standard InChI is InChI=1S/C20H21F2NO7/c1-4-27-18(25)15-11(3)16(19(26)28-5-2)23-14(15)10-29-17(24)12-7-6-8-13(9-12)30-20(21)22/h6-9,20,23H,4-5,10H2,1-3H3. The van der Waals surface area contributed by atoms with Crippen molar-refractivity contribution in [1.82, 2.24) is 4.98 Å². The van der Waals surface area contributed by atoms with Crippen LogP contribution in [0, 0.1) is 6.92 Å². The molecule has 0 saturated carbocycles. The Kier molecular flexibility index (Phi) is 7.90. The molecule has 2 aromatic rings. The lowest BCUT2D eigenvalue weighted by Gasteiger charge is -2.08. The van der Waals surface area contributed by atoms with Gasteiger partial charge in [0.15, 0.2) is 0 Å². The average Bonchev–Trinajstić information content (AvgIpc) is 3.02. The van der Waals surface area contributed by atoms with Crippen LogP contribution in [0.2, 0.25) is 0 Å². The topological polar surface area (TPSA) is 104 Å². The molecule has 1 aromatic carbocycles. The summed E-state index contributed by atoms with van der Waals surface area (Å²) in [6, 6.07) is 5.08. The van der Waals surface area contributed by atoms with Crippen LogP contribution in [0.3, 0.4) is 0 Å². The fraction of sp³-hybridized carbons (Fsp3) is 0.350. The maximum absolute atomic E-state index is 12.3. The van der Waals surface area contributed by atoms with Crippen LogP contribution in [0.1, 0.15) is 56.3 Å². The number of alkyl halides is 2. The van der Waals surface area contributed by atoms with Gasteiger partial charge in [0.25, 0.3) is 0 Å². The van der Waals surface area contributed by atoms with Crippen LogP contribution in [-0.2, 0) is 20.8 Å². The van der Waals surface area contributed by atoms with Crippen LogP contribution in [0.15, 0.2) is 24.3 Å². The summed E-state index contributed by atoms with van der Waals surface area (Å²) in [6.45, 7) is 1.60. The highest BCUT2D eigenvalue weighted by molar-refractivity contribution is 5.98. The van der Waals surface area contributed by atoms with Crippen molar-refractivity contribution in [2.75, 3.05) is 13.2 Å². The smallest absolute Gasteiger partial charge is 0.387 e. The van der Waals surface area contributed by atoms with E-state index in [1.807, 2.05) is 0 Å². The second-order valence-corrected chi connectivity index (χ2v) is 5.90. The number of aromatic nitrogens is 1. The summed E-state index contributed by atoms with van der Waals surface area (Å²) < 4.78 is 44.1. The van der Waals surface area contributed by atoms with Crippen molar-refractivity contribution in [3.8, 4) is 5.75 Å². The lowest BCUT2D eigenvalue weighted by molar-refractivity contribution is -0.0499. The minimum atomic E-state index is -3.04. The number of hydrogen-bond acceptors (Lipinski definition) is 7. The monoisotopic (exact) mass is 425 g/mol. The van der Waals surface area contributed by atoms with Gasteiger partial charge >= 0.3 is 24.5 Å². The molecule has 0 radical (unpaired) electrons. The Balaban J connectivity index is 2.24. The van der Waals surface area contributed by atoms with Gasteiger partial charge < -0.3 is 23.9 Å². The fourth-order valence-corrected chi connectivity index (χ4v) is 2.67. The minimum Gasteiger partial charge on any atom is -0.462 e. The van der Waals surface area contributed by atoms with E-state index in [1.54, 1.807) is 13.8 Å². The van der Waals surface area contributed by atoms with Crippen LogP contribution in [0.5, 0.6) is 5.75 Å². The van der Waals surface area contributed by atoms with Gasteiger partial charge in [-0.1, -0.05) is 6.07 Å². The fourth-order valence-electron chi connectivity index (χ4n) is 2.67. The second-order valence-electron chi connectivity index (χ2n) is 5.90. The molecule has 0 aliphatic carbocycles. The number of H-pyrrole nitrogens is 1. The number of rotatable bonds is 9. The third-order valence-corrected chi connectivity index (χ3v) is 3.93. The van der Waals surface area contributed by atoms with Crippen LogP contribution in [0.25, 0.3) is 0 Å². The summed E-state index contributed by atoms with van der Waals surface area (Å²) in [5, 5.41) is 0. The summed E-state index contributed by atoms with van der Waals surface area (Å²) in [4.78, 5) is 39.5. The van der Waals surface area contributed by atoms with Crippen molar-refractivity contribution in [2.24, 2.45) is 0 Å². The van der Waals surface area contributed by atoms with E-state index in [-0.39, 0.29) is 41.5 Å². The van der Waals surface area contributed by atoms with E-state index in [1.165, 1.54) is 25.1 Å². The molecule has 0 amide bonds. The molecular formula is C20H21F2NO7. The molecule has 0 spiro atoms. The first-order chi connectivity index (χ1) is 14.3. The van der Waals surface area contributed by atoms with Crippen LogP contribution in [-0.4, -0.2) is 42.7 Å². The molecule has 1 N–H and O–H groups in total. The largest absolute Gasteiger partial charge is 0.462 e. The van der Waals surface area contributed by atoms with Crippen LogP contribution >= 0.6 is 0 Å². The van der Waals surface area contributed by atoms with E-state index in [9.17, 15) is 23.2 Å². The summed E-state index contributed by atoms with van der Waals surface area (Å²) in [6.07, 6.45) is 0. The second kappa shape index (κ2) is 10.4. The zero-order valence-corrected chi connectivity index (χ0v) is 16.6. The van der Waals surface area contributed by atoms with Gasteiger partial charge in [0.2, 0.25) is 0 Å². The van der Waals surface area contributed by atoms with E-state index in [4.69, 9.17) is 14.2 Å². The lowest BCUT2D eigenvalue weighted by atomic mass is 10.1. The molecule has 0 unspecified atom stereocenters. The number of carbonyl (C=O) groups is 3. The average molecular weight is 425 g/mol. The van der Waals surface area contributed by atoms with Crippen molar-refractivity contribution in [3.05, 3.63) is 52.3 Å². The van der Waals surface area contributed by atoms with Crippen molar-refractivity contribution >= 4 is 17.9 Å². The van der Waals surface area contributed by atoms with Gasteiger partial charge in [0.1, 0.15) is 18.1 Å². The molecule has 0 aliphatic heterocycles. The Morgan fingerprint density at radius 3 is 2.30 bits per heavy atom. The predicted octanol–water partition coefficient (Wildman–Crippen LogP) is 3.63. The summed E-state index contributed by atoms with van der Waals surface area (Å²) in [7, 11) is 0. The summed E-state index contributed by atoms with van der Waals surface area (Å²) in [5.74, 6) is -2.41. The van der Waals surface area contributed by atoms with Crippen molar-refractivity contribution in [1.29, 1.82) is 0 Å². The number of halogens is 2. The first-order valence-corrected chi connectivity index (χ1v) is 9.06. The number of nitrogens with one attached hydrogen (secondary N) is 1. The van der Waals surface area contributed by atoms with Crippen LogP contribution in [0.4, 0.5) is 8.78 Å². The minimum absolute atomic E-state index is 0.0280. The maximum atomic E-state index is 12.3. The van der Waals surface area contributed by atoms with E-state index >= 15 is 0 Å². The van der Waals surface area contributed by atoms with E-state index in [2.05, 4.69) is 9.72 Å². The van der Waals surface area contributed by atoms with Crippen molar-refractivity contribution in [3.63, 3.8) is 0 Å². The highest BCUT2D eigenvalue weighted by Crippen LogP contribution is 2.22. The normalized spacial score (nSPS) is 10.6. The van der Waals surface area contributed by atoms with Crippen molar-refractivity contribution in [2.45, 2.75) is 34.0 Å². The molecule has 0 fully saturated rings. The van der Waals surface area contributed by atoms with Crippen molar-refractivity contribution < 1.29 is 42.1 Å². The molecule has 10 heteroatoms. The number of benzene rings is 1.